The predicted octanol–water partition coefficient (Wildman–Crippen LogP) is 1.03. The molecule has 106 valence electrons. The maximum atomic E-state index is 12.1. The fraction of sp³-hybridized carbons (Fsp3) is 0.462. The minimum atomic E-state index is -1.11. The van der Waals surface area contributed by atoms with Gasteiger partial charge in [0.05, 0.1) is 0 Å². The average molecular weight is 277 g/mol. The summed E-state index contributed by atoms with van der Waals surface area (Å²) in [4.78, 5) is 23.1. The Morgan fingerprint density at radius 3 is 2.95 bits per heavy atom. The van der Waals surface area contributed by atoms with Crippen molar-refractivity contribution in [2.45, 2.75) is 39.3 Å². The van der Waals surface area contributed by atoms with Crippen molar-refractivity contribution < 1.29 is 14.3 Å². The molecule has 0 atom stereocenters. The first-order chi connectivity index (χ1) is 9.56. The van der Waals surface area contributed by atoms with Crippen LogP contribution in [0.2, 0.25) is 0 Å². The number of carboxylic acids is 1. The number of aryl methyl sites for hydroxylation is 2. The molecular formula is C13H15N3O4. The van der Waals surface area contributed by atoms with Gasteiger partial charge in [-0.25, -0.2) is 14.3 Å². The Bertz CT molecular complexity index is 723. The molecule has 0 aliphatic carbocycles. The van der Waals surface area contributed by atoms with Crippen molar-refractivity contribution in [2.24, 2.45) is 0 Å². The molecule has 0 amide bonds. The number of carbonyl (C=O) groups is 1. The van der Waals surface area contributed by atoms with Crippen LogP contribution in [0, 0.1) is 6.92 Å². The van der Waals surface area contributed by atoms with E-state index in [0.717, 1.165) is 25.1 Å². The molecule has 20 heavy (non-hydrogen) atoms. The highest BCUT2D eigenvalue weighted by Crippen LogP contribution is 2.16. The van der Waals surface area contributed by atoms with Gasteiger partial charge in [-0.3, -0.25) is 4.57 Å². The van der Waals surface area contributed by atoms with E-state index in [4.69, 9.17) is 9.52 Å². The van der Waals surface area contributed by atoms with Crippen molar-refractivity contribution in [2.75, 3.05) is 0 Å². The van der Waals surface area contributed by atoms with Crippen LogP contribution in [0.25, 0.3) is 0 Å². The standard InChI is InChI=1S/C13H15N3O4/c1-8-6-9(20-11(8)12(17)18)7-16-13(19)15-5-3-2-4-10(15)14-16/h6H,2-5,7H2,1H3,(H,17,18). The van der Waals surface area contributed by atoms with Gasteiger partial charge in [-0.15, -0.1) is 0 Å². The van der Waals surface area contributed by atoms with Gasteiger partial charge < -0.3 is 9.52 Å². The van der Waals surface area contributed by atoms with Crippen molar-refractivity contribution in [3.8, 4) is 0 Å². The molecule has 7 nitrogen and oxygen atoms in total. The van der Waals surface area contributed by atoms with Crippen LogP contribution in [0.1, 0.15) is 40.5 Å². The van der Waals surface area contributed by atoms with Crippen molar-refractivity contribution in [3.63, 3.8) is 0 Å². The second kappa shape index (κ2) is 4.66. The van der Waals surface area contributed by atoms with Crippen LogP contribution >= 0.6 is 0 Å². The lowest BCUT2D eigenvalue weighted by molar-refractivity contribution is 0.0659. The summed E-state index contributed by atoms with van der Waals surface area (Å²) in [5, 5.41) is 13.2. The zero-order valence-corrected chi connectivity index (χ0v) is 11.1. The molecule has 0 saturated heterocycles. The van der Waals surface area contributed by atoms with Crippen molar-refractivity contribution in [1.82, 2.24) is 14.3 Å². The summed E-state index contributed by atoms with van der Waals surface area (Å²) in [5.74, 6) is 0.0303. The second-order valence-electron chi connectivity index (χ2n) is 5.00. The predicted molar refractivity (Wildman–Crippen MR) is 68.9 cm³/mol. The Morgan fingerprint density at radius 1 is 1.50 bits per heavy atom. The molecule has 1 aliphatic heterocycles. The van der Waals surface area contributed by atoms with Gasteiger partial charge in [-0.2, -0.15) is 5.10 Å². The quantitative estimate of drug-likeness (QED) is 0.904. The molecule has 0 unspecified atom stereocenters. The number of aromatic carboxylic acids is 1. The lowest BCUT2D eigenvalue weighted by Gasteiger charge is -2.09. The lowest BCUT2D eigenvalue weighted by atomic mass is 10.2. The molecule has 1 N–H and O–H groups in total. The van der Waals surface area contributed by atoms with Gasteiger partial charge in [-0.05, 0) is 25.8 Å². The van der Waals surface area contributed by atoms with E-state index in [9.17, 15) is 9.59 Å². The highest BCUT2D eigenvalue weighted by Gasteiger charge is 2.19. The minimum Gasteiger partial charge on any atom is -0.475 e. The summed E-state index contributed by atoms with van der Waals surface area (Å²) in [6, 6.07) is 1.63. The molecule has 0 radical (unpaired) electrons. The number of fused-ring (bicyclic) bond motifs is 1. The molecule has 0 bridgehead atoms. The van der Waals surface area contributed by atoms with Crippen molar-refractivity contribution in [3.05, 3.63) is 39.5 Å². The van der Waals surface area contributed by atoms with E-state index in [1.807, 2.05) is 0 Å². The van der Waals surface area contributed by atoms with Gasteiger partial charge in [0.25, 0.3) is 0 Å². The van der Waals surface area contributed by atoms with Crippen LogP contribution in [-0.4, -0.2) is 25.4 Å². The van der Waals surface area contributed by atoms with E-state index >= 15 is 0 Å². The fourth-order valence-corrected chi connectivity index (χ4v) is 2.54. The fourth-order valence-electron chi connectivity index (χ4n) is 2.54. The van der Waals surface area contributed by atoms with E-state index in [1.165, 1.54) is 4.68 Å². The van der Waals surface area contributed by atoms with E-state index in [-0.39, 0.29) is 18.0 Å². The van der Waals surface area contributed by atoms with E-state index < -0.39 is 5.97 Å². The van der Waals surface area contributed by atoms with Gasteiger partial charge in [-0.1, -0.05) is 0 Å². The first-order valence-corrected chi connectivity index (χ1v) is 6.55. The summed E-state index contributed by atoms with van der Waals surface area (Å²) < 4.78 is 8.27. The molecule has 0 saturated carbocycles. The highest BCUT2D eigenvalue weighted by molar-refractivity contribution is 5.86. The van der Waals surface area contributed by atoms with Gasteiger partial charge in [0, 0.05) is 18.5 Å². The summed E-state index contributed by atoms with van der Waals surface area (Å²) in [5.41, 5.74) is 0.384. The Hall–Kier alpha value is -2.31. The molecule has 0 aromatic carbocycles. The molecular weight excluding hydrogens is 262 g/mol. The molecule has 0 fully saturated rings. The zero-order chi connectivity index (χ0) is 14.3. The van der Waals surface area contributed by atoms with Crippen LogP contribution in [-0.2, 0) is 19.5 Å². The number of carboxylic acid groups (broad SMARTS) is 1. The van der Waals surface area contributed by atoms with Gasteiger partial charge in [0.15, 0.2) is 0 Å². The number of hydrogen-bond acceptors (Lipinski definition) is 4. The second-order valence-corrected chi connectivity index (χ2v) is 5.00. The Balaban J connectivity index is 1.92. The Kier molecular flexibility index (Phi) is 2.96. The molecule has 2 aromatic heterocycles. The largest absolute Gasteiger partial charge is 0.475 e. The van der Waals surface area contributed by atoms with Crippen molar-refractivity contribution >= 4 is 5.97 Å². The zero-order valence-electron chi connectivity index (χ0n) is 11.1. The summed E-state index contributed by atoms with van der Waals surface area (Å²) in [7, 11) is 0. The third-order valence-corrected chi connectivity index (χ3v) is 3.50. The summed E-state index contributed by atoms with van der Waals surface area (Å²) in [6.07, 6.45) is 2.83. The number of nitrogens with zero attached hydrogens (tertiary/aromatic N) is 3. The van der Waals surface area contributed by atoms with Crippen LogP contribution in [0.5, 0.6) is 0 Å². The van der Waals surface area contributed by atoms with E-state index in [1.54, 1.807) is 17.6 Å². The number of rotatable bonds is 3. The molecule has 7 heteroatoms. The maximum absolute atomic E-state index is 12.1. The van der Waals surface area contributed by atoms with Crippen LogP contribution in [0.4, 0.5) is 0 Å². The van der Waals surface area contributed by atoms with E-state index in [2.05, 4.69) is 5.10 Å². The Labute approximate surface area is 114 Å². The molecule has 3 heterocycles. The molecule has 1 aliphatic rings. The Morgan fingerprint density at radius 2 is 2.30 bits per heavy atom. The minimum absolute atomic E-state index is 0.0861. The molecule has 2 aromatic rings. The molecule has 0 spiro atoms. The smallest absolute Gasteiger partial charge is 0.372 e. The van der Waals surface area contributed by atoms with Gasteiger partial charge in [0.2, 0.25) is 5.76 Å². The maximum Gasteiger partial charge on any atom is 0.372 e. The third-order valence-electron chi connectivity index (χ3n) is 3.50. The van der Waals surface area contributed by atoms with Gasteiger partial charge >= 0.3 is 11.7 Å². The van der Waals surface area contributed by atoms with Crippen LogP contribution in [0.15, 0.2) is 15.3 Å². The lowest BCUT2D eigenvalue weighted by Crippen LogP contribution is -2.27. The van der Waals surface area contributed by atoms with Crippen LogP contribution in [0.3, 0.4) is 0 Å². The normalized spacial score (nSPS) is 14.2. The van der Waals surface area contributed by atoms with Gasteiger partial charge in [0.1, 0.15) is 18.1 Å². The number of aromatic nitrogens is 3. The average Bonchev–Trinajstić information content (AvgIpc) is 2.92. The summed E-state index contributed by atoms with van der Waals surface area (Å²) in [6.45, 7) is 2.52. The SMILES string of the molecule is Cc1cc(Cn2nc3n(c2=O)CCCC3)oc1C(=O)O. The van der Waals surface area contributed by atoms with Crippen LogP contribution < -0.4 is 5.69 Å². The van der Waals surface area contributed by atoms with E-state index in [0.29, 0.717) is 17.9 Å². The third kappa shape index (κ3) is 2.04. The molecule has 3 rings (SSSR count). The first-order valence-electron chi connectivity index (χ1n) is 6.55. The topological polar surface area (TPSA) is 90.3 Å². The number of furan rings is 1. The summed E-state index contributed by atoms with van der Waals surface area (Å²) >= 11 is 0. The first kappa shape index (κ1) is 12.7. The monoisotopic (exact) mass is 277 g/mol. The number of hydrogen-bond donors (Lipinski definition) is 1. The van der Waals surface area contributed by atoms with Crippen molar-refractivity contribution in [1.29, 1.82) is 0 Å². The highest BCUT2D eigenvalue weighted by atomic mass is 16.4.